The van der Waals surface area contributed by atoms with Gasteiger partial charge in [0.05, 0.1) is 4.90 Å². The first-order valence-electron chi connectivity index (χ1n) is 6.52. The fourth-order valence-corrected chi connectivity index (χ4v) is 3.93. The number of carbonyl (C=O) groups excluding carboxylic acids is 1. The van der Waals surface area contributed by atoms with E-state index in [0.717, 1.165) is 19.5 Å². The predicted octanol–water partition coefficient (Wildman–Crippen LogP) is 0.839. The zero-order valence-corrected chi connectivity index (χ0v) is 14.3. The summed E-state index contributed by atoms with van der Waals surface area (Å²) in [5.41, 5.74) is 0.728. The smallest absolute Gasteiger partial charge is 0.254 e. The van der Waals surface area contributed by atoms with Gasteiger partial charge >= 0.3 is 0 Å². The van der Waals surface area contributed by atoms with Crippen LogP contribution in [0.4, 0.5) is 0 Å². The summed E-state index contributed by atoms with van der Waals surface area (Å²) >= 11 is 3.24. The average Bonchev–Trinajstić information content (AvgIpc) is 2.92. The van der Waals surface area contributed by atoms with Gasteiger partial charge in [-0.05, 0) is 37.6 Å². The number of nitrogens with two attached hydrogens (primary N) is 1. The second-order valence-electron chi connectivity index (χ2n) is 5.18. The van der Waals surface area contributed by atoms with Gasteiger partial charge in [0.15, 0.2) is 0 Å². The Bertz CT molecular complexity index is 669. The van der Waals surface area contributed by atoms with Crippen molar-refractivity contribution < 1.29 is 13.2 Å². The summed E-state index contributed by atoms with van der Waals surface area (Å²) in [6, 6.07) is 3.16. The largest absolute Gasteiger partial charge is 0.337 e. The summed E-state index contributed by atoms with van der Waals surface area (Å²) in [6.07, 6.45) is 0.886. The number of halogens is 1. The van der Waals surface area contributed by atoms with Crippen LogP contribution < -0.4 is 10.5 Å². The van der Waals surface area contributed by atoms with E-state index in [1.165, 1.54) is 6.07 Å². The number of nitrogens with one attached hydrogen (secondary N) is 1. The van der Waals surface area contributed by atoms with E-state index in [1.807, 2.05) is 0 Å². The molecule has 1 unspecified atom stereocenters. The lowest BCUT2D eigenvalue weighted by molar-refractivity contribution is 0.0742. The Hall–Kier alpha value is -0.960. The molecule has 6 nitrogen and oxygen atoms in total. The Morgan fingerprint density at radius 1 is 1.48 bits per heavy atom. The first-order valence-corrected chi connectivity index (χ1v) is 8.86. The normalized spacial score (nSPS) is 18.8. The third-order valence-electron chi connectivity index (χ3n) is 3.76. The second kappa shape index (κ2) is 6.04. The van der Waals surface area contributed by atoms with Gasteiger partial charge in [-0.2, -0.15) is 0 Å². The molecule has 1 fully saturated rings. The Morgan fingerprint density at radius 2 is 2.14 bits per heavy atom. The van der Waals surface area contributed by atoms with Crippen molar-refractivity contribution >= 4 is 31.9 Å². The van der Waals surface area contributed by atoms with E-state index in [0.29, 0.717) is 15.6 Å². The van der Waals surface area contributed by atoms with Crippen LogP contribution in [0.3, 0.4) is 0 Å². The minimum absolute atomic E-state index is 0.0295. The number of primary sulfonamides is 1. The molecule has 1 amide bonds. The highest BCUT2D eigenvalue weighted by Gasteiger charge is 2.27. The number of likely N-dealkylation sites (N-methyl/N-ethyl adjacent to an activating group) is 1. The van der Waals surface area contributed by atoms with Gasteiger partial charge in [0.1, 0.15) is 0 Å². The number of amides is 1. The monoisotopic (exact) mass is 375 g/mol. The zero-order chi connectivity index (χ0) is 15.8. The third-order valence-corrected chi connectivity index (χ3v) is 5.26. The van der Waals surface area contributed by atoms with Crippen LogP contribution >= 0.6 is 15.9 Å². The molecule has 116 valence electrons. The molecule has 8 heteroatoms. The van der Waals surface area contributed by atoms with Gasteiger partial charge in [0.2, 0.25) is 10.0 Å². The number of rotatable bonds is 3. The van der Waals surface area contributed by atoms with Crippen molar-refractivity contribution in [1.82, 2.24) is 10.2 Å². The van der Waals surface area contributed by atoms with Crippen molar-refractivity contribution in [2.45, 2.75) is 24.3 Å². The molecule has 0 bridgehead atoms. The fraction of sp³-hybridized carbons (Fsp3) is 0.462. The van der Waals surface area contributed by atoms with Crippen molar-refractivity contribution in [3.8, 4) is 0 Å². The van der Waals surface area contributed by atoms with Gasteiger partial charge in [0, 0.05) is 29.7 Å². The van der Waals surface area contributed by atoms with Crippen LogP contribution in [-0.2, 0) is 10.0 Å². The molecule has 0 spiro atoms. The van der Waals surface area contributed by atoms with Crippen molar-refractivity contribution in [3.05, 3.63) is 27.7 Å². The molecule has 0 radical (unpaired) electrons. The third kappa shape index (κ3) is 3.45. The maximum atomic E-state index is 12.6. The summed E-state index contributed by atoms with van der Waals surface area (Å²) in [6.45, 7) is 3.22. The molecule has 2 rings (SSSR count). The standard InChI is InChI=1S/C13H18BrN3O3S/c1-8-11(5-9(14)6-12(8)21(15,19)20)13(18)17(2)10-3-4-16-7-10/h5-6,10,16H,3-4,7H2,1-2H3,(H2,15,19,20). The van der Waals surface area contributed by atoms with Crippen LogP contribution in [0, 0.1) is 6.92 Å². The molecular weight excluding hydrogens is 358 g/mol. The van der Waals surface area contributed by atoms with Gasteiger partial charge in [0.25, 0.3) is 5.91 Å². The minimum Gasteiger partial charge on any atom is -0.337 e. The van der Waals surface area contributed by atoms with Crippen LogP contribution in [0.15, 0.2) is 21.5 Å². The van der Waals surface area contributed by atoms with Gasteiger partial charge in [-0.15, -0.1) is 0 Å². The van der Waals surface area contributed by atoms with E-state index in [9.17, 15) is 13.2 Å². The highest BCUT2D eigenvalue weighted by molar-refractivity contribution is 9.10. The van der Waals surface area contributed by atoms with E-state index in [-0.39, 0.29) is 16.8 Å². The lowest BCUT2D eigenvalue weighted by Gasteiger charge is -2.25. The van der Waals surface area contributed by atoms with Crippen molar-refractivity contribution in [2.24, 2.45) is 5.14 Å². The molecule has 0 aromatic heterocycles. The maximum Gasteiger partial charge on any atom is 0.254 e. The van der Waals surface area contributed by atoms with Crippen molar-refractivity contribution in [1.29, 1.82) is 0 Å². The Labute approximate surface area is 132 Å². The lowest BCUT2D eigenvalue weighted by Crippen LogP contribution is -2.38. The summed E-state index contributed by atoms with van der Waals surface area (Å²) < 4.78 is 23.8. The molecule has 1 aromatic carbocycles. The molecule has 1 aliphatic heterocycles. The van der Waals surface area contributed by atoms with Crippen LogP contribution in [0.2, 0.25) is 0 Å². The highest BCUT2D eigenvalue weighted by Crippen LogP contribution is 2.25. The van der Waals surface area contributed by atoms with Gasteiger partial charge in [-0.1, -0.05) is 15.9 Å². The average molecular weight is 376 g/mol. The number of carbonyl (C=O) groups is 1. The van der Waals surface area contributed by atoms with Gasteiger partial charge in [-0.3, -0.25) is 4.79 Å². The molecule has 1 atom stereocenters. The molecular formula is C13H18BrN3O3S. The Kier molecular flexibility index (Phi) is 4.72. The topological polar surface area (TPSA) is 92.5 Å². The molecule has 0 aliphatic carbocycles. The fourth-order valence-electron chi connectivity index (χ4n) is 2.50. The van der Waals surface area contributed by atoms with Crippen LogP contribution in [0.5, 0.6) is 0 Å². The number of nitrogens with zero attached hydrogens (tertiary/aromatic N) is 1. The molecule has 3 N–H and O–H groups in total. The highest BCUT2D eigenvalue weighted by atomic mass is 79.9. The molecule has 21 heavy (non-hydrogen) atoms. The first-order chi connectivity index (χ1) is 9.71. The van der Waals surface area contributed by atoms with E-state index < -0.39 is 10.0 Å². The van der Waals surface area contributed by atoms with E-state index in [1.54, 1.807) is 24.9 Å². The number of benzene rings is 1. The molecule has 1 saturated heterocycles. The second-order valence-corrected chi connectivity index (χ2v) is 7.63. The summed E-state index contributed by atoms with van der Waals surface area (Å²) in [4.78, 5) is 14.3. The molecule has 1 heterocycles. The molecule has 1 aromatic rings. The van der Waals surface area contributed by atoms with Crippen LogP contribution in [-0.4, -0.2) is 45.4 Å². The van der Waals surface area contributed by atoms with Crippen molar-refractivity contribution in [2.75, 3.05) is 20.1 Å². The Balaban J connectivity index is 2.44. The lowest BCUT2D eigenvalue weighted by atomic mass is 10.1. The summed E-state index contributed by atoms with van der Waals surface area (Å²) in [7, 11) is -2.14. The van der Waals surface area contributed by atoms with Gasteiger partial charge in [-0.25, -0.2) is 13.6 Å². The SMILES string of the molecule is Cc1c(C(=O)N(C)C2CCNC2)cc(Br)cc1S(N)(=O)=O. The number of hydrogen-bond donors (Lipinski definition) is 2. The van der Waals surface area contributed by atoms with Crippen LogP contribution in [0.1, 0.15) is 22.3 Å². The van der Waals surface area contributed by atoms with Crippen LogP contribution in [0.25, 0.3) is 0 Å². The Morgan fingerprint density at radius 3 is 2.67 bits per heavy atom. The summed E-state index contributed by atoms with van der Waals surface area (Å²) in [5.74, 6) is -0.201. The van der Waals surface area contributed by atoms with E-state index >= 15 is 0 Å². The predicted molar refractivity (Wildman–Crippen MR) is 83.6 cm³/mol. The minimum atomic E-state index is -3.87. The quantitative estimate of drug-likeness (QED) is 0.818. The first kappa shape index (κ1) is 16.4. The van der Waals surface area contributed by atoms with E-state index in [2.05, 4.69) is 21.2 Å². The number of sulfonamides is 1. The van der Waals surface area contributed by atoms with Crippen molar-refractivity contribution in [3.63, 3.8) is 0 Å². The zero-order valence-electron chi connectivity index (χ0n) is 11.9. The van der Waals surface area contributed by atoms with E-state index in [4.69, 9.17) is 5.14 Å². The maximum absolute atomic E-state index is 12.6. The molecule has 0 saturated carbocycles. The molecule has 1 aliphatic rings. The number of hydrogen-bond acceptors (Lipinski definition) is 4. The van der Waals surface area contributed by atoms with Gasteiger partial charge < -0.3 is 10.2 Å². The summed E-state index contributed by atoms with van der Waals surface area (Å²) in [5, 5.41) is 8.41.